The summed E-state index contributed by atoms with van der Waals surface area (Å²) < 4.78 is 0. The Hall–Kier alpha value is -2.70. The van der Waals surface area contributed by atoms with Crippen LogP contribution in [0.25, 0.3) is 10.9 Å². The highest BCUT2D eigenvalue weighted by Crippen LogP contribution is 2.16. The van der Waals surface area contributed by atoms with Crippen molar-refractivity contribution in [3.05, 3.63) is 75.6 Å². The van der Waals surface area contributed by atoms with Gasteiger partial charge in [-0.05, 0) is 80.9 Å². The molecule has 30 heavy (non-hydrogen) atoms. The summed E-state index contributed by atoms with van der Waals surface area (Å²) in [7, 11) is 4.06. The van der Waals surface area contributed by atoms with Crippen molar-refractivity contribution in [1.82, 2.24) is 14.8 Å². The van der Waals surface area contributed by atoms with E-state index in [1.54, 1.807) is 0 Å². The second-order valence-electron chi connectivity index (χ2n) is 7.92. The Morgan fingerprint density at radius 3 is 2.47 bits per heavy atom. The Labute approximate surface area is 183 Å². The SMILES string of the molecule is CCc1ccc2[nH]c(=O)c(CN(CCN(C)C)C(=S)Nc3ccc(C)cc3)cc2c1. The molecule has 1 heterocycles. The van der Waals surface area contributed by atoms with Gasteiger partial charge in [-0.25, -0.2) is 0 Å². The number of aromatic nitrogens is 1. The molecule has 158 valence electrons. The molecule has 6 heteroatoms. The van der Waals surface area contributed by atoms with Gasteiger partial charge in [-0.15, -0.1) is 0 Å². The molecule has 0 atom stereocenters. The minimum atomic E-state index is -0.0697. The number of benzene rings is 2. The molecule has 2 aromatic carbocycles. The number of thiocarbonyl (C=S) groups is 1. The number of hydrogen-bond acceptors (Lipinski definition) is 3. The van der Waals surface area contributed by atoms with Crippen LogP contribution in [0.3, 0.4) is 0 Å². The van der Waals surface area contributed by atoms with Crippen LogP contribution in [-0.4, -0.2) is 47.1 Å². The zero-order valence-electron chi connectivity index (χ0n) is 18.2. The van der Waals surface area contributed by atoms with Crippen LogP contribution in [0.15, 0.2) is 53.3 Å². The van der Waals surface area contributed by atoms with Crippen LogP contribution in [-0.2, 0) is 13.0 Å². The van der Waals surface area contributed by atoms with E-state index in [2.05, 4.69) is 58.2 Å². The third-order valence-electron chi connectivity index (χ3n) is 5.16. The third-order valence-corrected chi connectivity index (χ3v) is 5.52. The zero-order chi connectivity index (χ0) is 21.7. The van der Waals surface area contributed by atoms with E-state index < -0.39 is 0 Å². The van der Waals surface area contributed by atoms with Crippen LogP contribution in [0, 0.1) is 6.92 Å². The Bertz CT molecular complexity index is 1070. The van der Waals surface area contributed by atoms with Crippen molar-refractivity contribution >= 4 is 33.9 Å². The monoisotopic (exact) mass is 422 g/mol. The summed E-state index contributed by atoms with van der Waals surface area (Å²) in [5, 5.41) is 4.98. The average molecular weight is 423 g/mol. The molecular weight excluding hydrogens is 392 g/mol. The summed E-state index contributed by atoms with van der Waals surface area (Å²) in [5.41, 5.74) is 4.90. The van der Waals surface area contributed by atoms with Crippen molar-refractivity contribution in [2.45, 2.75) is 26.8 Å². The lowest BCUT2D eigenvalue weighted by molar-refractivity contribution is 0.327. The maximum absolute atomic E-state index is 12.7. The molecule has 1 aromatic heterocycles. The molecule has 0 spiro atoms. The second kappa shape index (κ2) is 9.87. The summed E-state index contributed by atoms with van der Waals surface area (Å²) in [6, 6.07) is 16.3. The molecule has 0 unspecified atom stereocenters. The van der Waals surface area contributed by atoms with Gasteiger partial charge in [0, 0.05) is 29.9 Å². The van der Waals surface area contributed by atoms with Gasteiger partial charge >= 0.3 is 0 Å². The number of likely N-dealkylation sites (N-methyl/N-ethyl adjacent to an activating group) is 1. The summed E-state index contributed by atoms with van der Waals surface area (Å²) >= 11 is 5.70. The van der Waals surface area contributed by atoms with Crippen LogP contribution in [0.2, 0.25) is 0 Å². The number of rotatable bonds is 7. The molecule has 0 saturated heterocycles. The maximum Gasteiger partial charge on any atom is 0.253 e. The van der Waals surface area contributed by atoms with Gasteiger partial charge in [-0.1, -0.05) is 30.7 Å². The molecule has 2 N–H and O–H groups in total. The summed E-state index contributed by atoms with van der Waals surface area (Å²) in [5.74, 6) is 0. The average Bonchev–Trinajstić information content (AvgIpc) is 2.72. The van der Waals surface area contributed by atoms with E-state index in [1.807, 2.05) is 38.4 Å². The summed E-state index contributed by atoms with van der Waals surface area (Å²) in [4.78, 5) is 19.9. The van der Waals surface area contributed by atoms with Crippen molar-refractivity contribution < 1.29 is 0 Å². The standard InChI is InChI=1S/C24H30N4OS/c1-5-18-8-11-22-19(14-18)15-20(23(29)26-22)16-28(13-12-27(3)4)24(30)25-21-9-6-17(2)7-10-21/h6-11,14-15H,5,12-13,16H2,1-4H3,(H,25,30)(H,26,29). The van der Waals surface area contributed by atoms with Crippen LogP contribution in [0.5, 0.6) is 0 Å². The van der Waals surface area contributed by atoms with Crippen LogP contribution in [0.4, 0.5) is 5.69 Å². The maximum atomic E-state index is 12.7. The highest BCUT2D eigenvalue weighted by atomic mass is 32.1. The molecule has 3 rings (SSSR count). The molecule has 0 radical (unpaired) electrons. The lowest BCUT2D eigenvalue weighted by atomic mass is 10.1. The van der Waals surface area contributed by atoms with Gasteiger partial charge in [0.2, 0.25) is 0 Å². The number of aromatic amines is 1. The highest BCUT2D eigenvalue weighted by Gasteiger charge is 2.14. The molecule has 0 saturated carbocycles. The number of fused-ring (bicyclic) bond motifs is 1. The van der Waals surface area contributed by atoms with E-state index in [1.165, 1.54) is 11.1 Å². The normalized spacial score (nSPS) is 11.1. The van der Waals surface area contributed by atoms with Gasteiger partial charge in [-0.3, -0.25) is 4.79 Å². The Balaban J connectivity index is 1.86. The van der Waals surface area contributed by atoms with Crippen molar-refractivity contribution in [3.8, 4) is 0 Å². The Morgan fingerprint density at radius 1 is 1.07 bits per heavy atom. The molecular formula is C24H30N4OS. The first-order chi connectivity index (χ1) is 14.4. The van der Waals surface area contributed by atoms with E-state index in [4.69, 9.17) is 12.2 Å². The lowest BCUT2D eigenvalue weighted by Crippen LogP contribution is -2.40. The fraction of sp³-hybridized carbons (Fsp3) is 0.333. The fourth-order valence-electron chi connectivity index (χ4n) is 3.26. The van der Waals surface area contributed by atoms with E-state index in [0.717, 1.165) is 36.1 Å². The van der Waals surface area contributed by atoms with Crippen molar-refractivity contribution in [2.24, 2.45) is 0 Å². The number of anilines is 1. The van der Waals surface area contributed by atoms with Gasteiger partial charge in [0.05, 0.1) is 6.54 Å². The summed E-state index contributed by atoms with van der Waals surface area (Å²) in [6.45, 7) is 6.19. The molecule has 0 aliphatic carbocycles. The molecule has 0 amide bonds. The van der Waals surface area contributed by atoms with E-state index in [0.29, 0.717) is 17.2 Å². The lowest BCUT2D eigenvalue weighted by Gasteiger charge is -2.27. The molecule has 0 aliphatic rings. The number of aryl methyl sites for hydroxylation is 2. The molecule has 0 fully saturated rings. The van der Waals surface area contributed by atoms with Gasteiger partial charge in [0.25, 0.3) is 5.56 Å². The summed E-state index contributed by atoms with van der Waals surface area (Å²) in [6.07, 6.45) is 0.962. The second-order valence-corrected chi connectivity index (χ2v) is 8.31. The predicted octanol–water partition coefficient (Wildman–Crippen LogP) is 4.16. The largest absolute Gasteiger partial charge is 0.343 e. The van der Waals surface area contributed by atoms with Gasteiger partial charge in [0.15, 0.2) is 5.11 Å². The first kappa shape index (κ1) is 22.0. The molecule has 5 nitrogen and oxygen atoms in total. The van der Waals surface area contributed by atoms with Crippen LogP contribution >= 0.6 is 12.2 Å². The number of nitrogens with zero attached hydrogens (tertiary/aromatic N) is 2. The van der Waals surface area contributed by atoms with Crippen LogP contribution < -0.4 is 10.9 Å². The van der Waals surface area contributed by atoms with Crippen molar-refractivity contribution in [1.29, 1.82) is 0 Å². The number of H-pyrrole nitrogens is 1. The fourth-order valence-corrected chi connectivity index (χ4v) is 3.53. The Kier molecular flexibility index (Phi) is 7.24. The van der Waals surface area contributed by atoms with E-state index >= 15 is 0 Å². The van der Waals surface area contributed by atoms with E-state index in [-0.39, 0.29) is 5.56 Å². The van der Waals surface area contributed by atoms with Crippen molar-refractivity contribution in [3.63, 3.8) is 0 Å². The third kappa shape index (κ3) is 5.68. The first-order valence-electron chi connectivity index (χ1n) is 10.3. The van der Waals surface area contributed by atoms with E-state index in [9.17, 15) is 4.79 Å². The number of nitrogens with one attached hydrogen (secondary N) is 2. The van der Waals surface area contributed by atoms with Crippen molar-refractivity contribution in [2.75, 3.05) is 32.5 Å². The van der Waals surface area contributed by atoms with Gasteiger partial charge in [-0.2, -0.15) is 0 Å². The quantitative estimate of drug-likeness (QED) is 0.560. The minimum absolute atomic E-state index is 0.0697. The topological polar surface area (TPSA) is 51.4 Å². The predicted molar refractivity (Wildman–Crippen MR) is 130 cm³/mol. The van der Waals surface area contributed by atoms with Gasteiger partial charge in [0.1, 0.15) is 0 Å². The minimum Gasteiger partial charge on any atom is -0.343 e. The molecule has 3 aromatic rings. The smallest absolute Gasteiger partial charge is 0.253 e. The first-order valence-corrected chi connectivity index (χ1v) is 10.7. The van der Waals surface area contributed by atoms with Crippen LogP contribution in [0.1, 0.15) is 23.6 Å². The Morgan fingerprint density at radius 2 is 1.80 bits per heavy atom. The highest BCUT2D eigenvalue weighted by molar-refractivity contribution is 7.80. The molecule has 0 bridgehead atoms. The number of pyridine rings is 1. The van der Waals surface area contributed by atoms with Gasteiger partial charge < -0.3 is 20.1 Å². The zero-order valence-corrected chi connectivity index (χ0v) is 19.0. The number of hydrogen-bond donors (Lipinski definition) is 2. The molecule has 0 aliphatic heterocycles.